The Morgan fingerprint density at radius 3 is 2.34 bits per heavy atom. The number of H-pyrrole nitrogens is 2. The molecule has 0 fully saturated rings. The standard InChI is InChI=1S/C39H35N5O3/c1-43-36(24-27-7-3-2-4-8-27)38(46)42-34(39(43)47)23-28-11-15-29(16-12-28)37(45)40-30-17-13-26(14-18-30)19-21-44-22-20-32-31-9-5-6-10-33(31)41-35(32)25-44/h2-18,23-24,41H,19-22,25H2,1H3,(H,40,45)(H,42,46)/b34-23-,36-24-. The lowest BCUT2D eigenvalue weighted by molar-refractivity contribution is 0.102. The molecule has 6 aromatic rings. The van der Waals surface area contributed by atoms with Crippen LogP contribution in [0.2, 0.25) is 0 Å². The molecule has 0 aliphatic carbocycles. The molecule has 0 spiro atoms. The summed E-state index contributed by atoms with van der Waals surface area (Å²) >= 11 is 0. The fraction of sp³-hybridized carbons (Fsp3) is 0.154. The molecule has 8 heteroatoms. The number of nitrogens with zero attached hydrogens (tertiary/aromatic N) is 2. The highest BCUT2D eigenvalue weighted by Gasteiger charge is 2.20. The molecule has 3 N–H and O–H groups in total. The first kappa shape index (κ1) is 30.0. The van der Waals surface area contributed by atoms with Gasteiger partial charge in [-0.2, -0.15) is 0 Å². The first-order valence-electron chi connectivity index (χ1n) is 15.8. The lowest BCUT2D eigenvalue weighted by Crippen LogP contribution is -2.52. The van der Waals surface area contributed by atoms with Gasteiger partial charge in [0.1, 0.15) is 10.7 Å². The molecule has 0 saturated carbocycles. The number of amides is 1. The molecule has 47 heavy (non-hydrogen) atoms. The maximum atomic E-state index is 13.0. The number of rotatable bonds is 7. The average molecular weight is 622 g/mol. The Kier molecular flexibility index (Phi) is 8.25. The maximum Gasteiger partial charge on any atom is 0.274 e. The van der Waals surface area contributed by atoms with Gasteiger partial charge in [0.2, 0.25) is 0 Å². The van der Waals surface area contributed by atoms with Crippen LogP contribution in [0.1, 0.15) is 38.3 Å². The number of hydrogen-bond donors (Lipinski definition) is 3. The quantitative estimate of drug-likeness (QED) is 0.250. The van der Waals surface area contributed by atoms with Gasteiger partial charge in [-0.1, -0.05) is 72.8 Å². The molecule has 1 aliphatic heterocycles. The van der Waals surface area contributed by atoms with E-state index in [2.05, 4.69) is 56.6 Å². The van der Waals surface area contributed by atoms with Crippen molar-refractivity contribution in [3.05, 3.63) is 168 Å². The molecule has 2 aromatic heterocycles. The molecule has 1 amide bonds. The van der Waals surface area contributed by atoms with Gasteiger partial charge in [0.15, 0.2) is 0 Å². The number of para-hydroxylation sites is 1. The van der Waals surface area contributed by atoms with Crippen molar-refractivity contribution in [1.29, 1.82) is 0 Å². The lowest BCUT2D eigenvalue weighted by Gasteiger charge is -2.27. The second kappa shape index (κ2) is 12.9. The third kappa shape index (κ3) is 6.50. The van der Waals surface area contributed by atoms with Crippen LogP contribution in [0.5, 0.6) is 0 Å². The number of nitrogens with one attached hydrogen (secondary N) is 3. The van der Waals surface area contributed by atoms with Crippen LogP contribution in [0.3, 0.4) is 0 Å². The van der Waals surface area contributed by atoms with Crippen LogP contribution in [-0.4, -0.2) is 38.4 Å². The van der Waals surface area contributed by atoms with Crippen LogP contribution in [-0.2, 0) is 26.4 Å². The topological polar surface area (TPSA) is 103 Å². The zero-order chi connectivity index (χ0) is 32.3. The summed E-state index contributed by atoms with van der Waals surface area (Å²) in [5.74, 6) is -0.225. The molecule has 3 heterocycles. The largest absolute Gasteiger partial charge is 0.357 e. The first-order chi connectivity index (χ1) is 22.9. The monoisotopic (exact) mass is 621 g/mol. The van der Waals surface area contributed by atoms with E-state index in [0.29, 0.717) is 11.1 Å². The molecular formula is C39H35N5O3. The number of benzene rings is 4. The van der Waals surface area contributed by atoms with Crippen molar-refractivity contribution in [1.82, 2.24) is 19.4 Å². The molecule has 8 nitrogen and oxygen atoms in total. The average Bonchev–Trinajstić information content (AvgIpc) is 3.47. The summed E-state index contributed by atoms with van der Waals surface area (Å²) in [6.45, 7) is 2.96. The molecule has 4 aromatic carbocycles. The van der Waals surface area contributed by atoms with E-state index in [1.54, 1.807) is 43.5 Å². The molecule has 7 rings (SSSR count). The van der Waals surface area contributed by atoms with Gasteiger partial charge in [0.05, 0.1) is 0 Å². The number of aromatic nitrogens is 3. The van der Waals surface area contributed by atoms with Crippen molar-refractivity contribution in [2.45, 2.75) is 19.4 Å². The number of hydrogen-bond acceptors (Lipinski definition) is 4. The molecule has 234 valence electrons. The van der Waals surface area contributed by atoms with Crippen molar-refractivity contribution in [3.8, 4) is 0 Å². The number of fused-ring (bicyclic) bond motifs is 3. The number of carbonyl (C=O) groups is 1. The van der Waals surface area contributed by atoms with Gasteiger partial charge in [-0.05, 0) is 77.6 Å². The van der Waals surface area contributed by atoms with Gasteiger partial charge in [-0.25, -0.2) is 0 Å². The third-order valence-electron chi connectivity index (χ3n) is 8.85. The summed E-state index contributed by atoms with van der Waals surface area (Å²) in [5, 5.41) is 4.75. The van der Waals surface area contributed by atoms with E-state index in [-0.39, 0.29) is 27.7 Å². The van der Waals surface area contributed by atoms with Crippen molar-refractivity contribution in [2.24, 2.45) is 7.05 Å². The summed E-state index contributed by atoms with van der Waals surface area (Å²) in [6.07, 6.45) is 5.28. The van der Waals surface area contributed by atoms with E-state index in [1.807, 2.05) is 42.5 Å². The summed E-state index contributed by atoms with van der Waals surface area (Å²) in [7, 11) is 1.58. The highest BCUT2D eigenvalue weighted by molar-refractivity contribution is 6.04. The summed E-state index contributed by atoms with van der Waals surface area (Å²) in [5.41, 5.74) is 7.26. The Labute approximate surface area is 271 Å². The van der Waals surface area contributed by atoms with Crippen molar-refractivity contribution < 1.29 is 4.79 Å². The second-order valence-corrected chi connectivity index (χ2v) is 12.0. The van der Waals surface area contributed by atoms with Crippen LogP contribution in [0.4, 0.5) is 5.69 Å². The fourth-order valence-corrected chi connectivity index (χ4v) is 6.23. The Balaban J connectivity index is 0.969. The van der Waals surface area contributed by atoms with Crippen LogP contribution in [0.15, 0.2) is 113 Å². The minimum absolute atomic E-state index is 0.169. The Hall–Kier alpha value is -5.73. The van der Waals surface area contributed by atoms with Gasteiger partial charge in [0.25, 0.3) is 17.0 Å². The van der Waals surface area contributed by atoms with E-state index < -0.39 is 0 Å². The molecule has 1 aliphatic rings. The molecular weight excluding hydrogens is 586 g/mol. The van der Waals surface area contributed by atoms with Gasteiger partial charge in [-0.3, -0.25) is 19.3 Å². The Bertz CT molecular complexity index is 2320. The highest BCUT2D eigenvalue weighted by atomic mass is 16.2. The minimum Gasteiger partial charge on any atom is -0.357 e. The molecule has 0 atom stereocenters. The minimum atomic E-state index is -0.361. The second-order valence-electron chi connectivity index (χ2n) is 12.0. The van der Waals surface area contributed by atoms with Gasteiger partial charge in [0, 0.05) is 54.5 Å². The van der Waals surface area contributed by atoms with E-state index in [9.17, 15) is 14.4 Å². The summed E-state index contributed by atoms with van der Waals surface area (Å²) in [4.78, 5) is 47.6. The fourth-order valence-electron chi connectivity index (χ4n) is 6.23. The first-order valence-corrected chi connectivity index (χ1v) is 15.8. The Morgan fingerprint density at radius 1 is 0.830 bits per heavy atom. The van der Waals surface area contributed by atoms with E-state index in [0.717, 1.165) is 43.7 Å². The van der Waals surface area contributed by atoms with Crippen LogP contribution in [0, 0.1) is 0 Å². The maximum absolute atomic E-state index is 13.0. The predicted octanol–water partition coefficient (Wildman–Crippen LogP) is 4.07. The van der Waals surface area contributed by atoms with Crippen LogP contribution >= 0.6 is 0 Å². The smallest absolute Gasteiger partial charge is 0.274 e. The Morgan fingerprint density at radius 2 is 1.55 bits per heavy atom. The van der Waals surface area contributed by atoms with Crippen LogP contribution in [0.25, 0.3) is 23.1 Å². The summed E-state index contributed by atoms with van der Waals surface area (Å²) < 4.78 is 1.35. The van der Waals surface area contributed by atoms with E-state index in [4.69, 9.17) is 0 Å². The predicted molar refractivity (Wildman–Crippen MR) is 187 cm³/mol. The van der Waals surface area contributed by atoms with E-state index >= 15 is 0 Å². The molecule has 0 radical (unpaired) electrons. The number of aromatic amines is 2. The normalized spacial score (nSPS) is 14.0. The third-order valence-corrected chi connectivity index (χ3v) is 8.85. The van der Waals surface area contributed by atoms with Crippen molar-refractivity contribution in [3.63, 3.8) is 0 Å². The van der Waals surface area contributed by atoms with E-state index in [1.165, 1.54) is 32.3 Å². The number of anilines is 1. The van der Waals surface area contributed by atoms with Gasteiger partial charge >= 0.3 is 0 Å². The lowest BCUT2D eigenvalue weighted by atomic mass is 10.0. The molecule has 0 bridgehead atoms. The number of carbonyl (C=O) groups excluding carboxylic acids is 1. The molecule has 0 saturated heterocycles. The van der Waals surface area contributed by atoms with Gasteiger partial charge < -0.3 is 19.9 Å². The summed E-state index contributed by atoms with van der Waals surface area (Å²) in [6, 6.07) is 32.8. The van der Waals surface area contributed by atoms with Crippen molar-refractivity contribution >= 4 is 34.6 Å². The molecule has 0 unspecified atom stereocenters. The highest BCUT2D eigenvalue weighted by Crippen LogP contribution is 2.27. The zero-order valence-corrected chi connectivity index (χ0v) is 26.1. The van der Waals surface area contributed by atoms with Crippen molar-refractivity contribution in [2.75, 3.05) is 18.4 Å². The van der Waals surface area contributed by atoms with Crippen LogP contribution < -0.4 is 27.1 Å². The SMILES string of the molecule is Cn1c(=O)/c(=C/c2ccc(C(=O)Nc3ccc(CCN4CCc5c([nH]c6ccccc56)C4)cc3)cc2)[nH]c(=O)/c1=C/c1ccccc1. The van der Waals surface area contributed by atoms with Gasteiger partial charge in [-0.15, -0.1) is 0 Å². The zero-order valence-electron chi connectivity index (χ0n) is 26.1.